The van der Waals surface area contributed by atoms with Crippen LogP contribution in [0.15, 0.2) is 48.9 Å². The van der Waals surface area contributed by atoms with Crippen LogP contribution in [0.25, 0.3) is 10.8 Å². The highest BCUT2D eigenvalue weighted by molar-refractivity contribution is 6.11. The van der Waals surface area contributed by atoms with E-state index in [4.69, 9.17) is 4.74 Å². The summed E-state index contributed by atoms with van der Waals surface area (Å²) in [5, 5.41) is 4.50. The molecule has 1 N–H and O–H groups in total. The Bertz CT molecular complexity index is 797. The van der Waals surface area contributed by atoms with E-state index in [2.05, 4.69) is 20.3 Å². The van der Waals surface area contributed by atoms with Gasteiger partial charge in [-0.1, -0.05) is 24.3 Å². The molecule has 1 amide bonds. The molecule has 3 rings (SSSR count). The number of hydrogen-bond donors (Lipinski definition) is 1. The largest absolute Gasteiger partial charge is 0.464 e. The van der Waals surface area contributed by atoms with Crippen LogP contribution in [-0.2, 0) is 0 Å². The van der Waals surface area contributed by atoms with E-state index in [0.29, 0.717) is 18.0 Å². The number of nitrogens with zero attached hydrogens (tertiary/aromatic N) is 3. The van der Waals surface area contributed by atoms with E-state index in [1.54, 1.807) is 6.20 Å². The lowest BCUT2D eigenvalue weighted by molar-refractivity contribution is 0.102. The molecular weight excluding hydrogens is 280 g/mol. The Kier molecular flexibility index (Phi) is 3.91. The number of anilines is 1. The van der Waals surface area contributed by atoms with Crippen molar-refractivity contribution in [2.75, 3.05) is 11.9 Å². The average Bonchev–Trinajstić information content (AvgIpc) is 2.56. The van der Waals surface area contributed by atoms with E-state index in [1.807, 2.05) is 37.3 Å². The van der Waals surface area contributed by atoms with Gasteiger partial charge in [0.15, 0.2) is 0 Å². The van der Waals surface area contributed by atoms with Gasteiger partial charge >= 0.3 is 6.01 Å². The summed E-state index contributed by atoms with van der Waals surface area (Å²) in [5.74, 6) is -0.301. The van der Waals surface area contributed by atoms with Crippen LogP contribution in [0.3, 0.4) is 0 Å². The third-order valence-electron chi connectivity index (χ3n) is 3.05. The Balaban J connectivity index is 1.84. The molecule has 3 aromatic rings. The van der Waals surface area contributed by atoms with E-state index in [9.17, 15) is 4.79 Å². The molecule has 110 valence electrons. The first-order valence-electron chi connectivity index (χ1n) is 6.88. The molecule has 0 unspecified atom stereocenters. The van der Waals surface area contributed by atoms with Gasteiger partial charge in [-0.25, -0.2) is 9.97 Å². The molecule has 22 heavy (non-hydrogen) atoms. The average molecular weight is 294 g/mol. The molecule has 2 aromatic heterocycles. The van der Waals surface area contributed by atoms with Crippen LogP contribution in [0, 0.1) is 0 Å². The molecule has 0 atom stereocenters. The SMILES string of the molecule is CCOc1ncc(NC(=O)c2nccc3ccccc23)cn1. The molecule has 2 heterocycles. The van der Waals surface area contributed by atoms with Crippen molar-refractivity contribution in [1.82, 2.24) is 15.0 Å². The minimum Gasteiger partial charge on any atom is -0.464 e. The molecule has 0 bridgehead atoms. The van der Waals surface area contributed by atoms with Crippen molar-refractivity contribution >= 4 is 22.4 Å². The van der Waals surface area contributed by atoms with Crippen LogP contribution < -0.4 is 10.1 Å². The maximum absolute atomic E-state index is 12.4. The van der Waals surface area contributed by atoms with Gasteiger partial charge in [0.25, 0.3) is 5.91 Å². The number of carbonyl (C=O) groups is 1. The first-order valence-corrected chi connectivity index (χ1v) is 6.88. The number of aromatic nitrogens is 3. The van der Waals surface area contributed by atoms with Gasteiger partial charge < -0.3 is 10.1 Å². The first-order chi connectivity index (χ1) is 10.8. The molecule has 6 heteroatoms. The van der Waals surface area contributed by atoms with Gasteiger partial charge in [-0.2, -0.15) is 0 Å². The number of nitrogens with one attached hydrogen (secondary N) is 1. The predicted molar refractivity (Wildman–Crippen MR) is 82.9 cm³/mol. The summed E-state index contributed by atoms with van der Waals surface area (Å²) in [6.45, 7) is 2.34. The van der Waals surface area contributed by atoms with Gasteiger partial charge in [-0.15, -0.1) is 0 Å². The van der Waals surface area contributed by atoms with Crippen molar-refractivity contribution in [3.05, 3.63) is 54.6 Å². The standard InChI is InChI=1S/C16H14N4O2/c1-2-22-16-18-9-12(10-19-16)20-15(21)14-13-6-4-3-5-11(13)7-8-17-14/h3-10H,2H2,1H3,(H,20,21). The predicted octanol–water partition coefficient (Wildman–Crippen LogP) is 2.68. The number of hydrogen-bond acceptors (Lipinski definition) is 5. The maximum Gasteiger partial charge on any atom is 0.316 e. The summed E-state index contributed by atoms with van der Waals surface area (Å²) in [7, 11) is 0. The number of rotatable bonds is 4. The number of fused-ring (bicyclic) bond motifs is 1. The zero-order chi connectivity index (χ0) is 15.4. The van der Waals surface area contributed by atoms with Crippen molar-refractivity contribution in [2.24, 2.45) is 0 Å². The molecule has 0 aliphatic heterocycles. The summed E-state index contributed by atoms with van der Waals surface area (Å²) in [6, 6.07) is 9.75. The molecule has 0 spiro atoms. The Morgan fingerprint density at radius 1 is 1.14 bits per heavy atom. The second-order valence-electron chi connectivity index (χ2n) is 4.52. The lowest BCUT2D eigenvalue weighted by atomic mass is 10.1. The second-order valence-corrected chi connectivity index (χ2v) is 4.52. The fourth-order valence-corrected chi connectivity index (χ4v) is 2.08. The minimum atomic E-state index is -0.301. The van der Waals surface area contributed by atoms with Gasteiger partial charge in [0.1, 0.15) is 5.69 Å². The Morgan fingerprint density at radius 3 is 2.68 bits per heavy atom. The number of benzene rings is 1. The summed E-state index contributed by atoms with van der Waals surface area (Å²) in [4.78, 5) is 24.6. The van der Waals surface area contributed by atoms with E-state index < -0.39 is 0 Å². The monoisotopic (exact) mass is 294 g/mol. The van der Waals surface area contributed by atoms with Crippen LogP contribution in [0.5, 0.6) is 6.01 Å². The fourth-order valence-electron chi connectivity index (χ4n) is 2.08. The van der Waals surface area contributed by atoms with Crippen LogP contribution in [-0.4, -0.2) is 27.5 Å². The van der Waals surface area contributed by atoms with Gasteiger partial charge in [-0.3, -0.25) is 9.78 Å². The smallest absolute Gasteiger partial charge is 0.316 e. The Hall–Kier alpha value is -3.02. The summed E-state index contributed by atoms with van der Waals surface area (Å²) in [5.41, 5.74) is 0.857. The van der Waals surface area contributed by atoms with E-state index in [0.717, 1.165) is 10.8 Å². The number of pyridine rings is 1. The second kappa shape index (κ2) is 6.17. The lowest BCUT2D eigenvalue weighted by Crippen LogP contribution is -2.14. The number of amides is 1. The van der Waals surface area contributed by atoms with Crippen LogP contribution in [0.2, 0.25) is 0 Å². The zero-order valence-electron chi connectivity index (χ0n) is 12.0. The molecule has 0 fully saturated rings. The number of ether oxygens (including phenoxy) is 1. The van der Waals surface area contributed by atoms with Crippen LogP contribution in [0.1, 0.15) is 17.4 Å². The van der Waals surface area contributed by atoms with E-state index in [-0.39, 0.29) is 11.9 Å². The molecule has 0 saturated carbocycles. The van der Waals surface area contributed by atoms with E-state index >= 15 is 0 Å². The summed E-state index contributed by atoms with van der Waals surface area (Å²) < 4.78 is 5.16. The quantitative estimate of drug-likeness (QED) is 0.800. The van der Waals surface area contributed by atoms with Crippen molar-refractivity contribution in [1.29, 1.82) is 0 Å². The molecule has 6 nitrogen and oxygen atoms in total. The van der Waals surface area contributed by atoms with Crippen molar-refractivity contribution < 1.29 is 9.53 Å². The fraction of sp³-hybridized carbons (Fsp3) is 0.125. The third kappa shape index (κ3) is 2.85. The van der Waals surface area contributed by atoms with Gasteiger partial charge in [0.05, 0.1) is 24.7 Å². The Labute approximate surface area is 127 Å². The summed E-state index contributed by atoms with van der Waals surface area (Å²) >= 11 is 0. The van der Waals surface area contributed by atoms with Gasteiger partial charge in [0.2, 0.25) is 0 Å². The highest BCUT2D eigenvalue weighted by atomic mass is 16.5. The minimum absolute atomic E-state index is 0.281. The lowest BCUT2D eigenvalue weighted by Gasteiger charge is -2.07. The van der Waals surface area contributed by atoms with Crippen LogP contribution in [0.4, 0.5) is 5.69 Å². The molecule has 0 radical (unpaired) electrons. The normalized spacial score (nSPS) is 10.4. The topological polar surface area (TPSA) is 77.0 Å². The van der Waals surface area contributed by atoms with Gasteiger partial charge in [0, 0.05) is 11.6 Å². The third-order valence-corrected chi connectivity index (χ3v) is 3.05. The van der Waals surface area contributed by atoms with E-state index in [1.165, 1.54) is 12.4 Å². The molecule has 0 saturated heterocycles. The zero-order valence-corrected chi connectivity index (χ0v) is 12.0. The van der Waals surface area contributed by atoms with Crippen molar-refractivity contribution in [3.63, 3.8) is 0 Å². The molecular formula is C16H14N4O2. The summed E-state index contributed by atoms with van der Waals surface area (Å²) in [6.07, 6.45) is 4.62. The highest BCUT2D eigenvalue weighted by Crippen LogP contribution is 2.17. The van der Waals surface area contributed by atoms with Gasteiger partial charge in [-0.05, 0) is 18.4 Å². The van der Waals surface area contributed by atoms with Crippen LogP contribution >= 0.6 is 0 Å². The highest BCUT2D eigenvalue weighted by Gasteiger charge is 2.12. The Morgan fingerprint density at radius 2 is 1.91 bits per heavy atom. The van der Waals surface area contributed by atoms with Crippen molar-refractivity contribution in [2.45, 2.75) is 6.92 Å². The number of carbonyl (C=O) groups excluding carboxylic acids is 1. The maximum atomic E-state index is 12.4. The molecule has 0 aliphatic rings. The van der Waals surface area contributed by atoms with Crippen molar-refractivity contribution in [3.8, 4) is 6.01 Å². The molecule has 0 aliphatic carbocycles. The molecule has 1 aromatic carbocycles. The first kappa shape index (κ1) is 13.9.